The molecule has 20 heavy (non-hydrogen) atoms. The van der Waals surface area contributed by atoms with Crippen LogP contribution in [-0.2, 0) is 10.2 Å². The maximum absolute atomic E-state index is 12.1. The summed E-state index contributed by atoms with van der Waals surface area (Å²) in [6.45, 7) is 6.04. The van der Waals surface area contributed by atoms with Crippen LogP contribution >= 0.6 is 15.9 Å². The molecule has 1 rings (SSSR count). The van der Waals surface area contributed by atoms with E-state index in [9.17, 15) is 8.42 Å². The van der Waals surface area contributed by atoms with Gasteiger partial charge in [-0.3, -0.25) is 4.72 Å². The molecule has 1 heterocycles. The Morgan fingerprint density at radius 3 is 2.75 bits per heavy atom. The summed E-state index contributed by atoms with van der Waals surface area (Å²) in [6.07, 6.45) is 2.34. The number of aryl methyl sites for hydroxylation is 1. The monoisotopic (exact) mass is 364 g/mol. The van der Waals surface area contributed by atoms with Crippen molar-refractivity contribution in [1.29, 1.82) is 0 Å². The van der Waals surface area contributed by atoms with Crippen LogP contribution in [0, 0.1) is 6.92 Å². The Morgan fingerprint density at radius 1 is 1.45 bits per heavy atom. The highest BCUT2D eigenvalue weighted by atomic mass is 79.9. The van der Waals surface area contributed by atoms with Crippen molar-refractivity contribution in [1.82, 2.24) is 14.6 Å². The lowest BCUT2D eigenvalue weighted by atomic mass is 10.3. The molecule has 0 aliphatic rings. The van der Waals surface area contributed by atoms with Gasteiger partial charge in [0.25, 0.3) is 0 Å². The lowest BCUT2D eigenvalue weighted by Crippen LogP contribution is -2.34. The molecule has 0 aliphatic carbocycles. The maximum atomic E-state index is 12.1. The minimum atomic E-state index is -3.55. The molecule has 6 nitrogen and oxygen atoms in total. The van der Waals surface area contributed by atoms with E-state index in [-0.39, 0.29) is 0 Å². The molecule has 1 aromatic heterocycles. The van der Waals surface area contributed by atoms with Crippen LogP contribution in [0.1, 0.15) is 18.9 Å². The fourth-order valence-corrected chi connectivity index (χ4v) is 2.65. The number of nitrogens with zero attached hydrogens (tertiary/aromatic N) is 2. The van der Waals surface area contributed by atoms with Crippen LogP contribution in [0.2, 0.25) is 0 Å². The van der Waals surface area contributed by atoms with Crippen LogP contribution in [0.4, 0.5) is 5.82 Å². The molecule has 0 atom stereocenters. The van der Waals surface area contributed by atoms with E-state index in [4.69, 9.17) is 0 Å². The zero-order valence-electron chi connectivity index (χ0n) is 12.0. The first-order chi connectivity index (χ1) is 9.36. The van der Waals surface area contributed by atoms with E-state index in [0.717, 1.165) is 29.5 Å². The number of pyridine rings is 1. The number of aromatic nitrogens is 1. The van der Waals surface area contributed by atoms with Gasteiger partial charge in [-0.1, -0.05) is 6.92 Å². The van der Waals surface area contributed by atoms with Crippen molar-refractivity contribution < 1.29 is 8.42 Å². The first kappa shape index (κ1) is 17.4. The molecule has 0 unspecified atom stereocenters. The summed E-state index contributed by atoms with van der Waals surface area (Å²) in [4.78, 5) is 4.04. The summed E-state index contributed by atoms with van der Waals surface area (Å²) in [5.74, 6) is 0.323. The number of nitrogens with one attached hydrogen (secondary N) is 2. The molecule has 0 saturated carbocycles. The normalized spacial score (nSPS) is 11.8. The van der Waals surface area contributed by atoms with E-state index in [1.54, 1.807) is 19.3 Å². The van der Waals surface area contributed by atoms with Gasteiger partial charge in [-0.2, -0.15) is 12.7 Å². The Hall–Kier alpha value is -0.700. The number of hydrogen-bond donors (Lipinski definition) is 2. The second-order valence-corrected chi connectivity index (χ2v) is 7.09. The van der Waals surface area contributed by atoms with Crippen LogP contribution in [0.25, 0.3) is 0 Å². The Bertz CT molecular complexity index is 536. The van der Waals surface area contributed by atoms with Gasteiger partial charge in [-0.25, -0.2) is 4.98 Å². The van der Waals surface area contributed by atoms with Crippen molar-refractivity contribution in [3.05, 3.63) is 22.3 Å². The highest BCUT2D eigenvalue weighted by molar-refractivity contribution is 9.10. The largest absolute Gasteiger partial charge is 0.317 e. The molecule has 0 fully saturated rings. The molecule has 0 bridgehead atoms. The summed E-state index contributed by atoms with van der Waals surface area (Å²) in [5, 5.41) is 3.16. The molecular weight excluding hydrogens is 344 g/mol. The van der Waals surface area contributed by atoms with Gasteiger partial charge < -0.3 is 5.32 Å². The predicted octanol–water partition coefficient (Wildman–Crippen LogP) is 1.74. The quantitative estimate of drug-likeness (QED) is 0.689. The third-order valence-corrected chi connectivity index (χ3v) is 5.07. The van der Waals surface area contributed by atoms with Crippen molar-refractivity contribution in [3.8, 4) is 0 Å². The average Bonchev–Trinajstić information content (AvgIpc) is 2.38. The number of halogens is 1. The lowest BCUT2D eigenvalue weighted by molar-refractivity contribution is 0.459. The third kappa shape index (κ3) is 5.35. The molecule has 114 valence electrons. The second kappa shape index (κ2) is 7.92. The summed E-state index contributed by atoms with van der Waals surface area (Å²) in [6, 6.07) is 1.69. The highest BCUT2D eigenvalue weighted by Gasteiger charge is 2.17. The standard InChI is InChI=1S/C12H21BrN4O2S/c1-4-14-6-5-7-17(3)20(18,19)16-12-8-10(2)11(13)9-15-12/h8-9,14H,4-7H2,1-3H3,(H,15,16). The van der Waals surface area contributed by atoms with Crippen LogP contribution in [0.5, 0.6) is 0 Å². The number of hydrogen-bond acceptors (Lipinski definition) is 4. The molecule has 0 aromatic carbocycles. The van der Waals surface area contributed by atoms with Crippen molar-refractivity contribution in [2.45, 2.75) is 20.3 Å². The van der Waals surface area contributed by atoms with E-state index in [0.29, 0.717) is 12.4 Å². The third-order valence-electron chi connectivity index (χ3n) is 2.77. The molecule has 0 saturated heterocycles. The van der Waals surface area contributed by atoms with Gasteiger partial charge in [0.2, 0.25) is 0 Å². The first-order valence-electron chi connectivity index (χ1n) is 6.43. The Kier molecular flexibility index (Phi) is 6.87. The van der Waals surface area contributed by atoms with Gasteiger partial charge in [-0.15, -0.1) is 0 Å². The van der Waals surface area contributed by atoms with Crippen molar-refractivity contribution in [2.24, 2.45) is 0 Å². The SMILES string of the molecule is CCNCCCN(C)S(=O)(=O)Nc1cc(C)c(Br)cn1. The van der Waals surface area contributed by atoms with Crippen molar-refractivity contribution in [3.63, 3.8) is 0 Å². The Morgan fingerprint density at radius 2 is 2.15 bits per heavy atom. The van der Waals surface area contributed by atoms with E-state index >= 15 is 0 Å². The van der Waals surface area contributed by atoms with Gasteiger partial charge in [-0.05, 0) is 54.0 Å². The van der Waals surface area contributed by atoms with Crippen LogP contribution < -0.4 is 10.0 Å². The Balaban J connectivity index is 2.61. The zero-order chi connectivity index (χ0) is 15.2. The summed E-state index contributed by atoms with van der Waals surface area (Å²) >= 11 is 3.33. The van der Waals surface area contributed by atoms with Crippen LogP contribution in [0.3, 0.4) is 0 Å². The van der Waals surface area contributed by atoms with Gasteiger partial charge in [0.15, 0.2) is 0 Å². The van der Waals surface area contributed by atoms with Gasteiger partial charge in [0, 0.05) is 24.3 Å². The molecule has 8 heteroatoms. The fraction of sp³-hybridized carbons (Fsp3) is 0.583. The number of rotatable bonds is 8. The molecule has 0 aliphatic heterocycles. The van der Waals surface area contributed by atoms with E-state index in [1.165, 1.54) is 4.31 Å². The van der Waals surface area contributed by atoms with Crippen molar-refractivity contribution >= 4 is 32.0 Å². The minimum Gasteiger partial charge on any atom is -0.317 e. The van der Waals surface area contributed by atoms with E-state index in [1.807, 2.05) is 13.8 Å². The van der Waals surface area contributed by atoms with Crippen molar-refractivity contribution in [2.75, 3.05) is 31.4 Å². The first-order valence-corrected chi connectivity index (χ1v) is 8.67. The summed E-state index contributed by atoms with van der Waals surface area (Å²) < 4.78 is 28.8. The highest BCUT2D eigenvalue weighted by Crippen LogP contribution is 2.18. The van der Waals surface area contributed by atoms with Gasteiger partial charge in [0.1, 0.15) is 5.82 Å². The molecule has 0 radical (unpaired) electrons. The summed E-state index contributed by atoms with van der Waals surface area (Å²) in [5.41, 5.74) is 0.924. The maximum Gasteiger partial charge on any atom is 0.302 e. The zero-order valence-corrected chi connectivity index (χ0v) is 14.4. The van der Waals surface area contributed by atoms with E-state index in [2.05, 4.69) is 31.0 Å². The van der Waals surface area contributed by atoms with Gasteiger partial charge in [0.05, 0.1) is 0 Å². The molecule has 1 aromatic rings. The minimum absolute atomic E-state index is 0.323. The fourth-order valence-electron chi connectivity index (χ4n) is 1.53. The van der Waals surface area contributed by atoms with E-state index < -0.39 is 10.2 Å². The molecule has 0 spiro atoms. The van der Waals surface area contributed by atoms with Gasteiger partial charge >= 0.3 is 10.2 Å². The predicted molar refractivity (Wildman–Crippen MR) is 85.0 cm³/mol. The topological polar surface area (TPSA) is 74.3 Å². The summed E-state index contributed by atoms with van der Waals surface area (Å²) in [7, 11) is -2.00. The second-order valence-electron chi connectivity index (χ2n) is 4.45. The lowest BCUT2D eigenvalue weighted by Gasteiger charge is -2.18. The van der Waals surface area contributed by atoms with Crippen LogP contribution in [-0.4, -0.2) is 44.4 Å². The molecule has 0 amide bonds. The molecular formula is C12H21BrN4O2S. The average molecular weight is 365 g/mol. The Labute approximate surface area is 129 Å². The number of anilines is 1. The van der Waals surface area contributed by atoms with Crippen LogP contribution in [0.15, 0.2) is 16.7 Å². The molecule has 2 N–H and O–H groups in total. The smallest absolute Gasteiger partial charge is 0.302 e.